The molecule has 0 saturated carbocycles. The lowest BCUT2D eigenvalue weighted by molar-refractivity contribution is 0.0975. The molecule has 0 radical (unpaired) electrons. The van der Waals surface area contributed by atoms with E-state index in [-0.39, 0.29) is 12.2 Å². The van der Waals surface area contributed by atoms with E-state index in [1.54, 1.807) is 0 Å². The lowest BCUT2D eigenvalue weighted by Gasteiger charge is -2.13. The van der Waals surface area contributed by atoms with Crippen LogP contribution in [0.3, 0.4) is 0 Å². The highest BCUT2D eigenvalue weighted by molar-refractivity contribution is 6.15. The summed E-state index contributed by atoms with van der Waals surface area (Å²) >= 11 is 0. The van der Waals surface area contributed by atoms with E-state index >= 15 is 0 Å². The molecule has 1 unspecified atom stereocenters. The van der Waals surface area contributed by atoms with Crippen LogP contribution in [0.15, 0.2) is 102 Å². The molecule has 5 aromatic rings. The number of benzene rings is 4. The molecule has 1 atom stereocenters. The van der Waals surface area contributed by atoms with Gasteiger partial charge in [-0.1, -0.05) is 91.0 Å². The largest absolute Gasteiger partial charge is 0.294 e. The molecule has 0 spiro atoms. The van der Waals surface area contributed by atoms with Crippen LogP contribution in [0.1, 0.15) is 45.6 Å². The number of rotatable bonds is 4. The van der Waals surface area contributed by atoms with Crippen LogP contribution in [-0.2, 0) is 0 Å². The second kappa shape index (κ2) is 8.19. The van der Waals surface area contributed by atoms with Crippen LogP contribution in [0.5, 0.6) is 0 Å². The number of hydrogen-bond acceptors (Lipinski definition) is 4. The first kappa shape index (κ1) is 20.2. The highest BCUT2D eigenvalue weighted by Crippen LogP contribution is 2.33. The first-order valence-electron chi connectivity index (χ1n) is 11.4. The molecule has 34 heavy (non-hydrogen) atoms. The molecule has 1 aromatic heterocycles. The average Bonchev–Trinajstić information content (AvgIpc) is 3.21. The lowest BCUT2D eigenvalue weighted by atomic mass is 9.97. The van der Waals surface area contributed by atoms with Crippen molar-refractivity contribution >= 4 is 22.3 Å². The van der Waals surface area contributed by atoms with E-state index in [1.165, 1.54) is 0 Å². The monoisotopic (exact) mass is 442 g/mol. The minimum atomic E-state index is -0.463. The SMILES string of the molecule is Cc1nnc2n1-c1ccccc1C(c1ccccc1)=NC2CC(=O)c1cccc2ccccc12. The van der Waals surface area contributed by atoms with E-state index in [0.717, 1.165) is 39.1 Å². The maximum absolute atomic E-state index is 13.6. The van der Waals surface area contributed by atoms with Crippen molar-refractivity contribution in [1.82, 2.24) is 14.8 Å². The molecular formula is C29H22N4O. The number of aliphatic imine (C=N–C) groups is 1. The van der Waals surface area contributed by atoms with E-state index in [9.17, 15) is 4.79 Å². The Labute approximate surface area is 197 Å². The molecule has 0 bridgehead atoms. The number of Topliss-reactive ketones (excluding diaryl/α,β-unsaturated/α-hetero) is 1. The van der Waals surface area contributed by atoms with Gasteiger partial charge >= 0.3 is 0 Å². The summed E-state index contributed by atoms with van der Waals surface area (Å²) in [6.07, 6.45) is 0.205. The number of para-hydroxylation sites is 1. The maximum atomic E-state index is 13.6. The second-order valence-electron chi connectivity index (χ2n) is 8.47. The fourth-order valence-corrected chi connectivity index (χ4v) is 4.76. The van der Waals surface area contributed by atoms with Crippen LogP contribution >= 0.6 is 0 Å². The van der Waals surface area contributed by atoms with Gasteiger partial charge < -0.3 is 0 Å². The Kier molecular flexibility index (Phi) is 4.88. The van der Waals surface area contributed by atoms with Gasteiger partial charge in [0, 0.05) is 23.1 Å². The summed E-state index contributed by atoms with van der Waals surface area (Å²) in [6, 6.07) is 31.6. The number of hydrogen-bond donors (Lipinski definition) is 0. The zero-order chi connectivity index (χ0) is 23.1. The number of ketones is 1. The highest BCUT2D eigenvalue weighted by atomic mass is 16.1. The van der Waals surface area contributed by atoms with Crippen molar-refractivity contribution < 1.29 is 4.79 Å². The van der Waals surface area contributed by atoms with Gasteiger partial charge in [-0.2, -0.15) is 0 Å². The zero-order valence-corrected chi connectivity index (χ0v) is 18.7. The van der Waals surface area contributed by atoms with Gasteiger partial charge in [0.2, 0.25) is 0 Å². The summed E-state index contributed by atoms with van der Waals surface area (Å²) < 4.78 is 2.04. The molecule has 1 aliphatic heterocycles. The van der Waals surface area contributed by atoms with Gasteiger partial charge in [-0.15, -0.1) is 10.2 Å². The molecule has 1 aliphatic rings. The summed E-state index contributed by atoms with van der Waals surface area (Å²) in [5.41, 5.74) is 4.55. The first-order valence-corrected chi connectivity index (χ1v) is 11.4. The number of nitrogens with zero attached hydrogens (tertiary/aromatic N) is 4. The normalized spacial score (nSPS) is 14.7. The molecule has 0 saturated heterocycles. The van der Waals surface area contributed by atoms with Gasteiger partial charge in [-0.3, -0.25) is 14.4 Å². The fraction of sp³-hybridized carbons (Fsp3) is 0.103. The van der Waals surface area contributed by atoms with Crippen molar-refractivity contribution in [3.63, 3.8) is 0 Å². The standard InChI is InChI=1S/C29H22N4O/c1-19-31-32-29-25(18-27(34)23-16-9-13-20-10-5-6-14-22(20)23)30-28(21-11-3-2-4-12-21)24-15-7-8-17-26(24)33(19)29/h2-17,25H,18H2,1H3. The van der Waals surface area contributed by atoms with Crippen LogP contribution in [0, 0.1) is 6.92 Å². The summed E-state index contributed by atoms with van der Waals surface area (Å²) in [7, 11) is 0. The van der Waals surface area contributed by atoms with Crippen molar-refractivity contribution in [1.29, 1.82) is 0 Å². The van der Waals surface area contributed by atoms with Crippen molar-refractivity contribution in [3.05, 3.63) is 125 Å². The number of fused-ring (bicyclic) bond motifs is 4. The van der Waals surface area contributed by atoms with E-state index < -0.39 is 6.04 Å². The minimum absolute atomic E-state index is 0.0381. The quantitative estimate of drug-likeness (QED) is 0.326. The van der Waals surface area contributed by atoms with Crippen LogP contribution in [0.2, 0.25) is 0 Å². The first-order chi connectivity index (χ1) is 16.7. The van der Waals surface area contributed by atoms with Gasteiger partial charge in [-0.25, -0.2) is 0 Å². The third-order valence-corrected chi connectivity index (χ3v) is 6.35. The molecule has 164 valence electrons. The summed E-state index contributed by atoms with van der Waals surface area (Å²) in [4.78, 5) is 18.8. The number of carbonyl (C=O) groups is 1. The van der Waals surface area contributed by atoms with E-state index in [2.05, 4.69) is 34.5 Å². The molecular weight excluding hydrogens is 420 g/mol. The molecule has 0 fully saturated rings. The summed E-state index contributed by atoms with van der Waals surface area (Å²) in [6.45, 7) is 1.93. The smallest absolute Gasteiger partial charge is 0.166 e. The predicted molar refractivity (Wildman–Crippen MR) is 134 cm³/mol. The van der Waals surface area contributed by atoms with Crippen molar-refractivity contribution in [2.24, 2.45) is 4.99 Å². The van der Waals surface area contributed by atoms with Crippen molar-refractivity contribution in [3.8, 4) is 5.69 Å². The Bertz CT molecular complexity index is 1560. The molecule has 5 nitrogen and oxygen atoms in total. The maximum Gasteiger partial charge on any atom is 0.166 e. The topological polar surface area (TPSA) is 60.1 Å². The van der Waals surface area contributed by atoms with E-state index in [0.29, 0.717) is 11.4 Å². The average molecular weight is 443 g/mol. The molecule has 4 aromatic carbocycles. The summed E-state index contributed by atoms with van der Waals surface area (Å²) in [5.74, 6) is 1.50. The number of carbonyl (C=O) groups excluding carboxylic acids is 1. The Balaban J connectivity index is 1.51. The Morgan fingerprint density at radius 1 is 0.824 bits per heavy atom. The van der Waals surface area contributed by atoms with Gasteiger partial charge in [0.05, 0.1) is 11.4 Å². The second-order valence-corrected chi connectivity index (χ2v) is 8.47. The Hall–Kier alpha value is -4.38. The fourth-order valence-electron chi connectivity index (χ4n) is 4.76. The van der Waals surface area contributed by atoms with Crippen molar-refractivity contribution in [2.75, 3.05) is 0 Å². The summed E-state index contributed by atoms with van der Waals surface area (Å²) in [5, 5.41) is 10.8. The van der Waals surface area contributed by atoms with Crippen molar-refractivity contribution in [2.45, 2.75) is 19.4 Å². The van der Waals surface area contributed by atoms with Crippen LogP contribution in [0.4, 0.5) is 0 Å². The lowest BCUT2D eigenvalue weighted by Crippen LogP contribution is -2.11. The molecule has 0 N–H and O–H groups in total. The van der Waals surface area contributed by atoms with Gasteiger partial charge in [-0.05, 0) is 23.8 Å². The predicted octanol–water partition coefficient (Wildman–Crippen LogP) is 5.89. The zero-order valence-electron chi connectivity index (χ0n) is 18.7. The van der Waals surface area contributed by atoms with Gasteiger partial charge in [0.1, 0.15) is 11.9 Å². The van der Waals surface area contributed by atoms with E-state index in [4.69, 9.17) is 4.99 Å². The van der Waals surface area contributed by atoms with Crippen LogP contribution in [0.25, 0.3) is 16.5 Å². The molecule has 0 amide bonds. The molecule has 2 heterocycles. The molecule has 0 aliphatic carbocycles. The van der Waals surface area contributed by atoms with Crippen LogP contribution < -0.4 is 0 Å². The minimum Gasteiger partial charge on any atom is -0.294 e. The van der Waals surface area contributed by atoms with Gasteiger partial charge in [0.15, 0.2) is 11.6 Å². The number of aryl methyl sites for hydroxylation is 1. The molecule has 6 rings (SSSR count). The Morgan fingerprint density at radius 2 is 1.56 bits per heavy atom. The van der Waals surface area contributed by atoms with Crippen LogP contribution in [-0.4, -0.2) is 26.3 Å². The highest BCUT2D eigenvalue weighted by Gasteiger charge is 2.30. The molecule has 5 heteroatoms. The number of aromatic nitrogens is 3. The van der Waals surface area contributed by atoms with E-state index in [1.807, 2.05) is 84.3 Å². The van der Waals surface area contributed by atoms with Gasteiger partial charge in [0.25, 0.3) is 0 Å². The third kappa shape index (κ3) is 3.33. The Morgan fingerprint density at radius 3 is 2.44 bits per heavy atom. The third-order valence-electron chi connectivity index (χ3n) is 6.35.